The molecule has 2 aliphatic heterocycles. The molecule has 3 heteroatoms. The smallest absolute Gasteiger partial charge is 0.0760 e. The van der Waals surface area contributed by atoms with E-state index in [-0.39, 0.29) is 5.41 Å². The quantitative estimate of drug-likeness (QED) is 0.535. The Kier molecular flexibility index (Phi) is 1.29. The van der Waals surface area contributed by atoms with Crippen LogP contribution in [0, 0.1) is 5.41 Å². The summed E-state index contributed by atoms with van der Waals surface area (Å²) in [4.78, 5) is 0. The lowest BCUT2D eigenvalue weighted by Gasteiger charge is -2.31. The van der Waals surface area contributed by atoms with Gasteiger partial charge in [0.2, 0.25) is 0 Å². The first-order valence-electron chi connectivity index (χ1n) is 3.88. The van der Waals surface area contributed by atoms with Gasteiger partial charge in [0, 0.05) is 24.1 Å². The summed E-state index contributed by atoms with van der Waals surface area (Å²) in [5.74, 6) is 0. The SMILES string of the molecule is CC1(C)CNCC2=C[N]N=C21. The summed E-state index contributed by atoms with van der Waals surface area (Å²) in [7, 11) is 0. The second-order valence-corrected chi connectivity index (χ2v) is 3.71. The van der Waals surface area contributed by atoms with Gasteiger partial charge in [0.15, 0.2) is 0 Å². The van der Waals surface area contributed by atoms with E-state index in [0.717, 1.165) is 18.8 Å². The van der Waals surface area contributed by atoms with E-state index in [4.69, 9.17) is 0 Å². The summed E-state index contributed by atoms with van der Waals surface area (Å²) in [6.07, 6.45) is 1.85. The highest BCUT2D eigenvalue weighted by Crippen LogP contribution is 2.26. The minimum atomic E-state index is 0.157. The second kappa shape index (κ2) is 2.08. The van der Waals surface area contributed by atoms with Crippen molar-refractivity contribution in [1.29, 1.82) is 0 Å². The van der Waals surface area contributed by atoms with Crippen molar-refractivity contribution in [3.05, 3.63) is 11.8 Å². The van der Waals surface area contributed by atoms with Crippen LogP contribution < -0.4 is 10.7 Å². The Labute approximate surface area is 66.6 Å². The van der Waals surface area contributed by atoms with Gasteiger partial charge >= 0.3 is 0 Å². The van der Waals surface area contributed by atoms with Crippen LogP contribution in [0.2, 0.25) is 0 Å². The Morgan fingerprint density at radius 1 is 1.55 bits per heavy atom. The molecule has 0 aromatic rings. The lowest BCUT2D eigenvalue weighted by atomic mass is 9.81. The van der Waals surface area contributed by atoms with Gasteiger partial charge in [-0.15, -0.1) is 0 Å². The van der Waals surface area contributed by atoms with Crippen molar-refractivity contribution in [3.63, 3.8) is 0 Å². The molecule has 0 unspecified atom stereocenters. The van der Waals surface area contributed by atoms with E-state index in [2.05, 4.69) is 29.7 Å². The number of fused-ring (bicyclic) bond motifs is 1. The Balaban J connectivity index is 2.34. The van der Waals surface area contributed by atoms with Crippen molar-refractivity contribution in [2.75, 3.05) is 13.1 Å². The summed E-state index contributed by atoms with van der Waals surface area (Å²) >= 11 is 0. The largest absolute Gasteiger partial charge is 0.312 e. The van der Waals surface area contributed by atoms with Gasteiger partial charge in [-0.2, -0.15) is 10.5 Å². The highest BCUT2D eigenvalue weighted by molar-refractivity contribution is 6.06. The molecular weight excluding hydrogens is 138 g/mol. The molecule has 59 valence electrons. The molecule has 0 aliphatic carbocycles. The van der Waals surface area contributed by atoms with Crippen molar-refractivity contribution < 1.29 is 0 Å². The highest BCUT2D eigenvalue weighted by atomic mass is 15.3. The third-order valence-electron chi connectivity index (χ3n) is 2.20. The Morgan fingerprint density at radius 2 is 2.36 bits per heavy atom. The van der Waals surface area contributed by atoms with Gasteiger partial charge in [-0.05, 0) is 0 Å². The highest BCUT2D eigenvalue weighted by Gasteiger charge is 2.33. The molecule has 0 atom stereocenters. The Bertz CT molecular complexity index is 238. The van der Waals surface area contributed by atoms with Crippen LogP contribution in [0.4, 0.5) is 0 Å². The van der Waals surface area contributed by atoms with Gasteiger partial charge in [0.1, 0.15) is 0 Å². The van der Waals surface area contributed by atoms with E-state index in [0.29, 0.717) is 0 Å². The van der Waals surface area contributed by atoms with Gasteiger partial charge < -0.3 is 5.32 Å². The summed E-state index contributed by atoms with van der Waals surface area (Å²) < 4.78 is 0. The first-order chi connectivity index (χ1) is 5.20. The van der Waals surface area contributed by atoms with Crippen LogP contribution in [0.15, 0.2) is 16.9 Å². The molecule has 0 amide bonds. The Hall–Kier alpha value is -0.830. The zero-order valence-electron chi connectivity index (χ0n) is 6.89. The van der Waals surface area contributed by atoms with Crippen LogP contribution in [0.3, 0.4) is 0 Å². The number of hydrogen-bond acceptors (Lipinski definition) is 2. The fourth-order valence-corrected chi connectivity index (χ4v) is 1.57. The third-order valence-corrected chi connectivity index (χ3v) is 2.20. The monoisotopic (exact) mass is 150 g/mol. The first-order valence-corrected chi connectivity index (χ1v) is 3.88. The van der Waals surface area contributed by atoms with Crippen LogP contribution in [-0.2, 0) is 0 Å². The lowest BCUT2D eigenvalue weighted by molar-refractivity contribution is 0.457. The maximum atomic E-state index is 4.12. The fraction of sp³-hybridized carbons (Fsp3) is 0.625. The molecule has 0 aromatic heterocycles. The normalized spacial score (nSPS) is 26.7. The predicted octanol–water partition coefficient (Wildman–Crippen LogP) is 0.474. The number of piperidine rings is 1. The summed E-state index contributed by atoms with van der Waals surface area (Å²) in [6.45, 7) is 6.30. The van der Waals surface area contributed by atoms with E-state index < -0.39 is 0 Å². The molecule has 2 rings (SSSR count). The van der Waals surface area contributed by atoms with Crippen LogP contribution in [0.25, 0.3) is 0 Å². The molecule has 0 bridgehead atoms. The van der Waals surface area contributed by atoms with Crippen LogP contribution in [0.5, 0.6) is 0 Å². The molecule has 11 heavy (non-hydrogen) atoms. The maximum absolute atomic E-state index is 4.12. The van der Waals surface area contributed by atoms with E-state index >= 15 is 0 Å². The zero-order valence-corrected chi connectivity index (χ0v) is 6.89. The van der Waals surface area contributed by atoms with E-state index in [1.54, 1.807) is 0 Å². The summed E-state index contributed by atoms with van der Waals surface area (Å²) in [5, 5.41) is 7.46. The fourth-order valence-electron chi connectivity index (χ4n) is 1.57. The van der Waals surface area contributed by atoms with Crippen molar-refractivity contribution in [2.24, 2.45) is 10.5 Å². The molecule has 2 aliphatic rings. The predicted molar refractivity (Wildman–Crippen MR) is 44.3 cm³/mol. The van der Waals surface area contributed by atoms with Crippen molar-refractivity contribution in [3.8, 4) is 0 Å². The minimum Gasteiger partial charge on any atom is -0.312 e. The molecule has 1 N–H and O–H groups in total. The van der Waals surface area contributed by atoms with E-state index in [9.17, 15) is 0 Å². The van der Waals surface area contributed by atoms with Gasteiger partial charge in [0.05, 0.1) is 11.9 Å². The van der Waals surface area contributed by atoms with Crippen molar-refractivity contribution in [2.45, 2.75) is 13.8 Å². The summed E-state index contributed by atoms with van der Waals surface area (Å²) in [5.41, 5.74) is 6.48. The van der Waals surface area contributed by atoms with Crippen molar-refractivity contribution >= 4 is 5.71 Å². The standard InChI is InChI=1S/C8H12N3/c1-8(2)5-9-3-6-4-10-11-7(6)8/h4,9H,3,5H2,1-2H3. The Morgan fingerprint density at radius 3 is 3.09 bits per heavy atom. The minimum absolute atomic E-state index is 0.157. The maximum Gasteiger partial charge on any atom is 0.0760 e. The van der Waals surface area contributed by atoms with Crippen LogP contribution >= 0.6 is 0 Å². The van der Waals surface area contributed by atoms with Crippen LogP contribution in [0.1, 0.15) is 13.8 Å². The van der Waals surface area contributed by atoms with E-state index in [1.165, 1.54) is 5.57 Å². The van der Waals surface area contributed by atoms with Gasteiger partial charge in [-0.1, -0.05) is 13.8 Å². The number of nitrogens with one attached hydrogen (secondary N) is 1. The van der Waals surface area contributed by atoms with Crippen molar-refractivity contribution in [1.82, 2.24) is 10.7 Å². The topological polar surface area (TPSA) is 38.5 Å². The summed E-state index contributed by atoms with van der Waals surface area (Å²) in [6, 6.07) is 0. The molecule has 1 fully saturated rings. The van der Waals surface area contributed by atoms with Gasteiger partial charge in [0.25, 0.3) is 0 Å². The molecule has 2 heterocycles. The van der Waals surface area contributed by atoms with Gasteiger partial charge in [-0.25, -0.2) is 0 Å². The first kappa shape index (κ1) is 6.85. The number of nitrogens with zero attached hydrogens (tertiary/aromatic N) is 2. The average Bonchev–Trinajstić information content (AvgIpc) is 2.34. The molecule has 0 saturated carbocycles. The zero-order chi connectivity index (χ0) is 7.90. The average molecular weight is 150 g/mol. The number of rotatable bonds is 0. The molecule has 0 spiro atoms. The third kappa shape index (κ3) is 0.959. The molecular formula is C8H12N3. The molecule has 1 radical (unpaired) electrons. The van der Waals surface area contributed by atoms with Crippen LogP contribution in [-0.4, -0.2) is 18.8 Å². The number of hydrogen-bond donors (Lipinski definition) is 1. The molecule has 0 aromatic carbocycles. The lowest BCUT2D eigenvalue weighted by Crippen LogP contribution is -2.44. The van der Waals surface area contributed by atoms with E-state index in [1.807, 2.05) is 6.20 Å². The molecule has 1 saturated heterocycles. The molecule has 3 nitrogen and oxygen atoms in total. The second-order valence-electron chi connectivity index (χ2n) is 3.71. The van der Waals surface area contributed by atoms with Gasteiger partial charge in [-0.3, -0.25) is 0 Å².